The van der Waals surface area contributed by atoms with Crippen molar-refractivity contribution in [2.45, 2.75) is 20.2 Å². The average molecular weight is 449 g/mol. The lowest BCUT2D eigenvalue weighted by Crippen LogP contribution is -2.46. The minimum atomic E-state index is 0.152. The molecule has 0 aliphatic carbocycles. The number of rotatable bonds is 6. The van der Waals surface area contributed by atoms with E-state index in [0.717, 1.165) is 37.1 Å². The van der Waals surface area contributed by atoms with E-state index in [-0.39, 0.29) is 6.61 Å². The van der Waals surface area contributed by atoms with Crippen LogP contribution >= 0.6 is 12.2 Å². The summed E-state index contributed by atoms with van der Waals surface area (Å²) in [5, 5.41) is 5.37. The Hall–Kier alpha value is -3.30. The fourth-order valence-electron chi connectivity index (χ4n) is 3.87. The molecule has 164 valence electrons. The zero-order chi connectivity index (χ0) is 21.9. The van der Waals surface area contributed by atoms with Crippen LogP contribution in [0.4, 0.5) is 5.69 Å². The van der Waals surface area contributed by atoms with E-state index in [1.165, 1.54) is 5.69 Å². The molecule has 1 saturated heterocycles. The number of aryl methyl sites for hydroxylation is 1. The van der Waals surface area contributed by atoms with Crippen LogP contribution in [0.25, 0.3) is 10.9 Å². The summed E-state index contributed by atoms with van der Waals surface area (Å²) >= 11 is 5.39. The molecule has 1 aliphatic heterocycles. The van der Waals surface area contributed by atoms with Crippen LogP contribution in [0.2, 0.25) is 0 Å². The smallest absolute Gasteiger partial charge is 0.288 e. The van der Waals surface area contributed by atoms with Gasteiger partial charge in [0.1, 0.15) is 5.82 Å². The van der Waals surface area contributed by atoms with E-state index in [2.05, 4.69) is 49.1 Å². The molecule has 0 amide bonds. The van der Waals surface area contributed by atoms with Crippen molar-refractivity contribution in [1.29, 1.82) is 0 Å². The SMILES string of the molecule is Cc1nc(OCc2nn(CN3CCN(c4ccccc4)CC3)c(=S)o2)c2ccccc2n1. The first-order valence-electron chi connectivity index (χ1n) is 10.6. The van der Waals surface area contributed by atoms with Crippen molar-refractivity contribution in [3.63, 3.8) is 0 Å². The van der Waals surface area contributed by atoms with Gasteiger partial charge in [-0.1, -0.05) is 30.3 Å². The molecular weight excluding hydrogens is 424 g/mol. The Labute approximate surface area is 191 Å². The van der Waals surface area contributed by atoms with E-state index in [0.29, 0.717) is 29.1 Å². The minimum Gasteiger partial charge on any atom is -0.467 e. The van der Waals surface area contributed by atoms with Gasteiger partial charge in [0, 0.05) is 31.9 Å². The maximum Gasteiger partial charge on any atom is 0.288 e. The van der Waals surface area contributed by atoms with Gasteiger partial charge in [-0.05, 0) is 43.4 Å². The lowest BCUT2D eigenvalue weighted by Gasteiger charge is -2.35. The quantitative estimate of drug-likeness (QED) is 0.412. The van der Waals surface area contributed by atoms with Crippen molar-refractivity contribution in [3.8, 4) is 5.88 Å². The summed E-state index contributed by atoms with van der Waals surface area (Å²) in [5.41, 5.74) is 2.10. The highest BCUT2D eigenvalue weighted by molar-refractivity contribution is 7.71. The Bertz CT molecular complexity index is 1260. The second-order valence-corrected chi connectivity index (χ2v) is 8.07. The predicted octanol–water partition coefficient (Wildman–Crippen LogP) is 3.82. The fourth-order valence-corrected chi connectivity index (χ4v) is 4.07. The van der Waals surface area contributed by atoms with Gasteiger partial charge >= 0.3 is 0 Å². The number of hydrogen-bond donors (Lipinski definition) is 0. The Morgan fingerprint density at radius 1 is 0.969 bits per heavy atom. The standard InChI is InChI=1S/C23H24N6O2S/c1-17-24-20-10-6-5-9-19(20)22(25-17)30-15-21-26-29(23(32)31-21)16-27-11-13-28(14-12-27)18-7-3-2-4-8-18/h2-10H,11-16H2,1H3. The lowest BCUT2D eigenvalue weighted by molar-refractivity contribution is 0.192. The van der Waals surface area contributed by atoms with Gasteiger partial charge in [-0.2, -0.15) is 4.98 Å². The van der Waals surface area contributed by atoms with Crippen LogP contribution in [-0.2, 0) is 13.3 Å². The molecule has 9 heteroatoms. The maximum atomic E-state index is 5.92. The normalized spacial score (nSPS) is 14.7. The Morgan fingerprint density at radius 3 is 2.53 bits per heavy atom. The zero-order valence-electron chi connectivity index (χ0n) is 17.8. The molecule has 0 radical (unpaired) electrons. The van der Waals surface area contributed by atoms with Crippen molar-refractivity contribution in [1.82, 2.24) is 24.6 Å². The molecule has 0 unspecified atom stereocenters. The first kappa shape index (κ1) is 20.6. The molecule has 2 aromatic heterocycles. The van der Waals surface area contributed by atoms with Crippen LogP contribution in [0, 0.1) is 11.8 Å². The van der Waals surface area contributed by atoms with E-state index in [4.69, 9.17) is 21.4 Å². The summed E-state index contributed by atoms with van der Waals surface area (Å²) in [4.78, 5) is 13.9. The van der Waals surface area contributed by atoms with E-state index in [1.807, 2.05) is 37.3 Å². The Balaban J connectivity index is 1.21. The molecule has 2 aromatic carbocycles. The maximum absolute atomic E-state index is 5.92. The largest absolute Gasteiger partial charge is 0.467 e. The average Bonchev–Trinajstić information content (AvgIpc) is 3.17. The summed E-state index contributed by atoms with van der Waals surface area (Å²) in [7, 11) is 0. The zero-order valence-corrected chi connectivity index (χ0v) is 18.7. The highest BCUT2D eigenvalue weighted by Crippen LogP contribution is 2.23. The number of nitrogens with zero attached hydrogens (tertiary/aromatic N) is 6. The third-order valence-electron chi connectivity index (χ3n) is 5.49. The molecule has 0 N–H and O–H groups in total. The second kappa shape index (κ2) is 9.05. The highest BCUT2D eigenvalue weighted by atomic mass is 32.1. The summed E-state index contributed by atoms with van der Waals surface area (Å²) in [6.45, 7) is 6.39. The number of fused-ring (bicyclic) bond motifs is 1. The van der Waals surface area contributed by atoms with Crippen LogP contribution in [0.5, 0.6) is 5.88 Å². The summed E-state index contributed by atoms with van der Waals surface area (Å²) in [5.74, 6) is 1.60. The third-order valence-corrected chi connectivity index (χ3v) is 5.78. The monoisotopic (exact) mass is 448 g/mol. The van der Waals surface area contributed by atoms with Crippen molar-refractivity contribution in [3.05, 3.63) is 71.1 Å². The molecule has 3 heterocycles. The molecule has 0 atom stereocenters. The molecule has 4 aromatic rings. The lowest BCUT2D eigenvalue weighted by atomic mass is 10.2. The summed E-state index contributed by atoms with van der Waals surface area (Å²) in [6, 6.07) is 18.3. The van der Waals surface area contributed by atoms with Gasteiger partial charge in [-0.3, -0.25) is 4.90 Å². The van der Waals surface area contributed by atoms with Gasteiger partial charge in [0.25, 0.3) is 10.7 Å². The van der Waals surface area contributed by atoms with Crippen LogP contribution in [0.15, 0.2) is 59.0 Å². The van der Waals surface area contributed by atoms with Crippen molar-refractivity contribution >= 4 is 28.8 Å². The first-order chi connectivity index (χ1) is 15.7. The van der Waals surface area contributed by atoms with Gasteiger partial charge < -0.3 is 14.1 Å². The third kappa shape index (κ3) is 4.49. The van der Waals surface area contributed by atoms with Crippen LogP contribution < -0.4 is 9.64 Å². The molecular formula is C23H24N6O2S. The second-order valence-electron chi connectivity index (χ2n) is 7.73. The highest BCUT2D eigenvalue weighted by Gasteiger charge is 2.19. The van der Waals surface area contributed by atoms with Gasteiger partial charge in [0.2, 0.25) is 5.88 Å². The van der Waals surface area contributed by atoms with Crippen molar-refractivity contribution in [2.75, 3.05) is 31.1 Å². The Kier molecular flexibility index (Phi) is 5.83. The van der Waals surface area contributed by atoms with Crippen LogP contribution in [0.1, 0.15) is 11.7 Å². The minimum absolute atomic E-state index is 0.152. The first-order valence-corrected chi connectivity index (χ1v) is 11.0. The van der Waals surface area contributed by atoms with Crippen LogP contribution in [0.3, 0.4) is 0 Å². The van der Waals surface area contributed by atoms with Gasteiger partial charge in [0.05, 0.1) is 17.6 Å². The van der Waals surface area contributed by atoms with E-state index in [9.17, 15) is 0 Å². The van der Waals surface area contributed by atoms with Gasteiger partial charge in [-0.15, -0.1) is 5.10 Å². The van der Waals surface area contributed by atoms with E-state index in [1.54, 1.807) is 4.68 Å². The van der Waals surface area contributed by atoms with Crippen LogP contribution in [-0.4, -0.2) is 50.8 Å². The van der Waals surface area contributed by atoms with E-state index < -0.39 is 0 Å². The topological polar surface area (TPSA) is 72.5 Å². The number of anilines is 1. The molecule has 8 nitrogen and oxygen atoms in total. The van der Waals surface area contributed by atoms with Crippen molar-refractivity contribution in [2.24, 2.45) is 0 Å². The molecule has 0 bridgehead atoms. The van der Waals surface area contributed by atoms with Gasteiger partial charge in [-0.25, -0.2) is 9.67 Å². The number of benzene rings is 2. The van der Waals surface area contributed by atoms with Gasteiger partial charge in [0.15, 0.2) is 6.61 Å². The molecule has 5 rings (SSSR count). The number of aromatic nitrogens is 4. The van der Waals surface area contributed by atoms with Crippen molar-refractivity contribution < 1.29 is 9.15 Å². The van der Waals surface area contributed by atoms with E-state index >= 15 is 0 Å². The summed E-state index contributed by atoms with van der Waals surface area (Å²) < 4.78 is 13.3. The molecule has 1 fully saturated rings. The number of piperazine rings is 1. The molecule has 32 heavy (non-hydrogen) atoms. The summed E-state index contributed by atoms with van der Waals surface area (Å²) in [6.07, 6.45) is 0. The molecule has 0 spiro atoms. The number of ether oxygens (including phenoxy) is 1. The molecule has 1 aliphatic rings. The Morgan fingerprint density at radius 2 is 1.72 bits per heavy atom. The molecule has 0 saturated carbocycles. The number of hydrogen-bond acceptors (Lipinski definition) is 8. The fraction of sp³-hybridized carbons (Fsp3) is 0.304. The number of para-hydroxylation sites is 2. The predicted molar refractivity (Wildman–Crippen MR) is 124 cm³/mol.